The van der Waals surface area contributed by atoms with Crippen LogP contribution in [0.1, 0.15) is 36.3 Å². The highest BCUT2D eigenvalue weighted by molar-refractivity contribution is 7.09. The molecule has 33 heavy (non-hydrogen) atoms. The highest BCUT2D eigenvalue weighted by Crippen LogP contribution is 2.17. The first kappa shape index (κ1) is 24.5. The molecule has 5 nitrogen and oxygen atoms in total. The van der Waals surface area contributed by atoms with Crippen LogP contribution in [0.5, 0.6) is 0 Å². The van der Waals surface area contributed by atoms with E-state index in [1.807, 2.05) is 83.9 Å². The quantitative estimate of drug-likeness (QED) is 0.391. The van der Waals surface area contributed by atoms with Gasteiger partial charge in [-0.1, -0.05) is 74.9 Å². The summed E-state index contributed by atoms with van der Waals surface area (Å²) in [6.45, 7) is 7.77. The van der Waals surface area contributed by atoms with Gasteiger partial charge in [0.2, 0.25) is 5.91 Å². The standard InChI is InChI=1S/C27H33N3O2S/c1-4-21(2)17-30(27(32)28-25-15-9-8-11-22(25)3)20-26(31)29(19-24-14-10-16-33-24)18-23-12-6-5-7-13-23/h5-16,21H,4,17-20H2,1-3H3,(H,28,32). The maximum atomic E-state index is 13.5. The number of carbonyl (C=O) groups is 2. The fraction of sp³-hybridized carbons (Fsp3) is 0.333. The Kier molecular flexibility index (Phi) is 9.07. The van der Waals surface area contributed by atoms with Gasteiger partial charge in [-0.15, -0.1) is 11.3 Å². The lowest BCUT2D eigenvalue weighted by atomic mass is 10.1. The number of benzene rings is 2. The smallest absolute Gasteiger partial charge is 0.322 e. The molecule has 3 rings (SSSR count). The third-order valence-electron chi connectivity index (χ3n) is 5.72. The van der Waals surface area contributed by atoms with E-state index in [0.717, 1.165) is 28.1 Å². The number of nitrogens with zero attached hydrogens (tertiary/aromatic N) is 2. The summed E-state index contributed by atoms with van der Waals surface area (Å²) in [5, 5.41) is 5.02. The number of hydrogen-bond acceptors (Lipinski definition) is 3. The molecule has 6 heteroatoms. The van der Waals surface area contributed by atoms with E-state index in [1.54, 1.807) is 16.2 Å². The van der Waals surface area contributed by atoms with Crippen LogP contribution in [0.3, 0.4) is 0 Å². The molecule has 0 saturated carbocycles. The van der Waals surface area contributed by atoms with Crippen LogP contribution in [0.15, 0.2) is 72.1 Å². The van der Waals surface area contributed by atoms with E-state index in [2.05, 4.69) is 19.2 Å². The van der Waals surface area contributed by atoms with Crippen molar-refractivity contribution in [2.75, 3.05) is 18.4 Å². The minimum absolute atomic E-state index is 0.0419. The van der Waals surface area contributed by atoms with Gasteiger partial charge in [-0.3, -0.25) is 4.79 Å². The van der Waals surface area contributed by atoms with Crippen molar-refractivity contribution in [3.05, 3.63) is 88.1 Å². The molecule has 3 aromatic rings. The van der Waals surface area contributed by atoms with Crippen molar-refractivity contribution >= 4 is 29.0 Å². The molecular formula is C27H33N3O2S. The Balaban J connectivity index is 1.77. The van der Waals surface area contributed by atoms with Gasteiger partial charge in [-0.2, -0.15) is 0 Å². The Bertz CT molecular complexity index is 1020. The second-order valence-corrected chi connectivity index (χ2v) is 9.49. The van der Waals surface area contributed by atoms with Gasteiger partial charge in [-0.05, 0) is 41.5 Å². The summed E-state index contributed by atoms with van der Waals surface area (Å²) in [6.07, 6.45) is 0.936. The van der Waals surface area contributed by atoms with E-state index < -0.39 is 0 Å². The average Bonchev–Trinajstić information content (AvgIpc) is 3.33. The van der Waals surface area contributed by atoms with E-state index in [0.29, 0.717) is 25.6 Å². The van der Waals surface area contributed by atoms with Crippen molar-refractivity contribution < 1.29 is 9.59 Å². The van der Waals surface area contributed by atoms with Crippen LogP contribution >= 0.6 is 11.3 Å². The summed E-state index contributed by atoms with van der Waals surface area (Å²) in [6, 6.07) is 21.5. The normalized spacial score (nSPS) is 11.6. The summed E-state index contributed by atoms with van der Waals surface area (Å²) in [5.41, 5.74) is 2.83. The predicted octanol–water partition coefficient (Wildman–Crippen LogP) is 6.17. The molecular weight excluding hydrogens is 430 g/mol. The molecule has 0 aliphatic heterocycles. The van der Waals surface area contributed by atoms with Crippen molar-refractivity contribution in [2.45, 2.75) is 40.3 Å². The van der Waals surface area contributed by atoms with E-state index in [4.69, 9.17) is 0 Å². The number of aryl methyl sites for hydroxylation is 1. The minimum Gasteiger partial charge on any atom is -0.332 e. The molecule has 0 bridgehead atoms. The topological polar surface area (TPSA) is 52.7 Å². The number of urea groups is 1. The van der Waals surface area contributed by atoms with Crippen LogP contribution in [0.25, 0.3) is 0 Å². The van der Waals surface area contributed by atoms with E-state index in [1.165, 1.54) is 0 Å². The molecule has 1 unspecified atom stereocenters. The number of anilines is 1. The van der Waals surface area contributed by atoms with Crippen LogP contribution in [0, 0.1) is 12.8 Å². The van der Waals surface area contributed by atoms with Crippen molar-refractivity contribution in [3.63, 3.8) is 0 Å². The van der Waals surface area contributed by atoms with E-state index in [-0.39, 0.29) is 18.5 Å². The summed E-state index contributed by atoms with van der Waals surface area (Å²) in [7, 11) is 0. The molecule has 1 N–H and O–H groups in total. The molecule has 0 aliphatic carbocycles. The SMILES string of the molecule is CCC(C)CN(CC(=O)N(Cc1ccccc1)Cc1cccs1)C(=O)Nc1ccccc1C. The Labute approximate surface area is 201 Å². The minimum atomic E-state index is -0.242. The Hall–Kier alpha value is -3.12. The molecule has 1 atom stereocenters. The maximum Gasteiger partial charge on any atom is 0.322 e. The lowest BCUT2D eigenvalue weighted by molar-refractivity contribution is -0.133. The fourth-order valence-electron chi connectivity index (χ4n) is 3.52. The van der Waals surface area contributed by atoms with Crippen molar-refractivity contribution in [1.82, 2.24) is 9.80 Å². The van der Waals surface area contributed by atoms with Gasteiger partial charge in [0.1, 0.15) is 6.54 Å². The second kappa shape index (κ2) is 12.2. The Morgan fingerprint density at radius 3 is 2.33 bits per heavy atom. The molecule has 1 heterocycles. The number of rotatable bonds is 10. The molecule has 1 aromatic heterocycles. The zero-order valence-corrected chi connectivity index (χ0v) is 20.5. The summed E-state index contributed by atoms with van der Waals surface area (Å²) in [5.74, 6) is 0.232. The van der Waals surface area contributed by atoms with Gasteiger partial charge >= 0.3 is 6.03 Å². The van der Waals surface area contributed by atoms with Crippen molar-refractivity contribution in [1.29, 1.82) is 0 Å². The second-order valence-electron chi connectivity index (χ2n) is 8.45. The van der Waals surface area contributed by atoms with Crippen molar-refractivity contribution in [2.24, 2.45) is 5.92 Å². The zero-order valence-electron chi connectivity index (χ0n) is 19.7. The van der Waals surface area contributed by atoms with Crippen LogP contribution < -0.4 is 5.32 Å². The monoisotopic (exact) mass is 463 g/mol. The third-order valence-corrected chi connectivity index (χ3v) is 6.59. The fourth-order valence-corrected chi connectivity index (χ4v) is 4.24. The molecule has 0 saturated heterocycles. The average molecular weight is 464 g/mol. The predicted molar refractivity (Wildman–Crippen MR) is 136 cm³/mol. The number of thiophene rings is 1. The summed E-state index contributed by atoms with van der Waals surface area (Å²) >= 11 is 1.64. The number of carbonyl (C=O) groups excluding carboxylic acids is 2. The summed E-state index contributed by atoms with van der Waals surface area (Å²) < 4.78 is 0. The molecule has 0 radical (unpaired) electrons. The Morgan fingerprint density at radius 2 is 1.67 bits per heavy atom. The molecule has 0 fully saturated rings. The molecule has 0 aliphatic rings. The largest absolute Gasteiger partial charge is 0.332 e. The third kappa shape index (κ3) is 7.46. The van der Waals surface area contributed by atoms with Gasteiger partial charge in [0.15, 0.2) is 0 Å². The first-order valence-electron chi connectivity index (χ1n) is 11.4. The van der Waals surface area contributed by atoms with E-state index >= 15 is 0 Å². The first-order chi connectivity index (χ1) is 16.0. The van der Waals surface area contributed by atoms with Crippen LogP contribution in [0.4, 0.5) is 10.5 Å². The van der Waals surface area contributed by atoms with Crippen LogP contribution in [-0.2, 0) is 17.9 Å². The first-order valence-corrected chi connectivity index (χ1v) is 12.3. The van der Waals surface area contributed by atoms with Crippen LogP contribution in [0.2, 0.25) is 0 Å². The highest BCUT2D eigenvalue weighted by Gasteiger charge is 2.23. The van der Waals surface area contributed by atoms with Crippen molar-refractivity contribution in [3.8, 4) is 0 Å². The number of amides is 3. The lowest BCUT2D eigenvalue weighted by Gasteiger charge is -2.29. The molecule has 2 aromatic carbocycles. The van der Waals surface area contributed by atoms with Crippen LogP contribution in [-0.4, -0.2) is 34.8 Å². The van der Waals surface area contributed by atoms with Gasteiger partial charge < -0.3 is 15.1 Å². The molecule has 0 spiro atoms. The number of para-hydroxylation sites is 1. The number of hydrogen-bond donors (Lipinski definition) is 1. The summed E-state index contributed by atoms with van der Waals surface area (Å²) in [4.78, 5) is 31.3. The van der Waals surface area contributed by atoms with E-state index in [9.17, 15) is 9.59 Å². The maximum absolute atomic E-state index is 13.5. The molecule has 3 amide bonds. The highest BCUT2D eigenvalue weighted by atomic mass is 32.1. The molecule has 174 valence electrons. The van der Waals surface area contributed by atoms with Gasteiger partial charge in [0, 0.05) is 23.7 Å². The lowest BCUT2D eigenvalue weighted by Crippen LogP contribution is -2.45. The van der Waals surface area contributed by atoms with Gasteiger partial charge in [0.05, 0.1) is 6.54 Å². The number of nitrogens with one attached hydrogen (secondary N) is 1. The van der Waals surface area contributed by atoms with Gasteiger partial charge in [0.25, 0.3) is 0 Å². The Morgan fingerprint density at radius 1 is 0.939 bits per heavy atom. The zero-order chi connectivity index (χ0) is 23.6. The van der Waals surface area contributed by atoms with Gasteiger partial charge in [-0.25, -0.2) is 4.79 Å².